The highest BCUT2D eigenvalue weighted by atomic mass is 127. The molecule has 112 valence electrons. The number of hydrogen-bond donors (Lipinski definition) is 0. The summed E-state index contributed by atoms with van der Waals surface area (Å²) in [5.74, 6) is -0.243. The molecule has 1 aromatic rings. The van der Waals surface area contributed by atoms with Crippen LogP contribution in [0.3, 0.4) is 0 Å². The van der Waals surface area contributed by atoms with Crippen molar-refractivity contribution in [2.45, 2.75) is 13.8 Å². The summed E-state index contributed by atoms with van der Waals surface area (Å²) in [6.45, 7) is 4.16. The molecule has 22 heavy (non-hydrogen) atoms. The van der Waals surface area contributed by atoms with E-state index in [4.69, 9.17) is 0 Å². The van der Waals surface area contributed by atoms with Gasteiger partial charge >= 0.3 is 0 Å². The molecule has 1 heterocycles. The van der Waals surface area contributed by atoms with Gasteiger partial charge in [0.2, 0.25) is 11.8 Å². The van der Waals surface area contributed by atoms with Crippen molar-refractivity contribution < 1.29 is 9.59 Å². The number of imide groups is 1. The van der Waals surface area contributed by atoms with Gasteiger partial charge in [0.05, 0.1) is 17.5 Å². The summed E-state index contributed by atoms with van der Waals surface area (Å²) in [4.78, 5) is 27.2. The SMILES string of the molecule is CC(C)=C1[C@@H]2C=C[C@@H]1[C@@H]1C(=O)N(c3ccc(I)cc3)C(=O)[C@H]12. The van der Waals surface area contributed by atoms with Crippen molar-refractivity contribution in [1.29, 1.82) is 0 Å². The topological polar surface area (TPSA) is 37.4 Å². The molecule has 4 atom stereocenters. The van der Waals surface area contributed by atoms with E-state index in [9.17, 15) is 9.59 Å². The number of fused-ring (bicyclic) bond motifs is 5. The number of hydrogen-bond acceptors (Lipinski definition) is 2. The minimum atomic E-state index is -0.202. The summed E-state index contributed by atoms with van der Waals surface area (Å²) >= 11 is 2.22. The summed E-state index contributed by atoms with van der Waals surface area (Å²) in [6.07, 6.45) is 4.24. The molecule has 4 rings (SSSR count). The first kappa shape index (κ1) is 14.2. The Labute approximate surface area is 143 Å². The Balaban J connectivity index is 1.76. The highest BCUT2D eigenvalue weighted by Gasteiger charge is 2.61. The Morgan fingerprint density at radius 2 is 1.45 bits per heavy atom. The van der Waals surface area contributed by atoms with Crippen LogP contribution >= 0.6 is 22.6 Å². The van der Waals surface area contributed by atoms with Crippen LogP contribution in [0.5, 0.6) is 0 Å². The molecular weight excluding hydrogens is 389 g/mol. The maximum atomic E-state index is 12.9. The lowest BCUT2D eigenvalue weighted by molar-refractivity contribution is -0.122. The monoisotopic (exact) mass is 405 g/mol. The van der Waals surface area contributed by atoms with Gasteiger partial charge in [-0.2, -0.15) is 0 Å². The van der Waals surface area contributed by atoms with Gasteiger partial charge in [-0.15, -0.1) is 0 Å². The first-order valence-corrected chi connectivity index (χ1v) is 8.57. The number of carbonyl (C=O) groups excluding carboxylic acids is 2. The fourth-order valence-corrected chi connectivity index (χ4v) is 4.63. The van der Waals surface area contributed by atoms with E-state index in [2.05, 4.69) is 48.6 Å². The Hall–Kier alpha value is -1.43. The largest absolute Gasteiger partial charge is 0.274 e. The lowest BCUT2D eigenvalue weighted by Crippen LogP contribution is -2.33. The zero-order valence-corrected chi connectivity index (χ0v) is 14.6. The van der Waals surface area contributed by atoms with E-state index in [1.807, 2.05) is 24.3 Å². The lowest BCUT2D eigenvalue weighted by Gasteiger charge is -2.19. The Morgan fingerprint density at radius 1 is 0.955 bits per heavy atom. The van der Waals surface area contributed by atoms with E-state index in [-0.39, 0.29) is 35.5 Å². The van der Waals surface area contributed by atoms with Crippen molar-refractivity contribution in [3.05, 3.63) is 51.1 Å². The van der Waals surface area contributed by atoms with Crippen LogP contribution in [0.1, 0.15) is 13.8 Å². The van der Waals surface area contributed by atoms with Crippen molar-refractivity contribution in [3.8, 4) is 0 Å². The molecule has 0 aromatic heterocycles. The fraction of sp³-hybridized carbons (Fsp3) is 0.333. The van der Waals surface area contributed by atoms with Crippen LogP contribution < -0.4 is 4.90 Å². The molecule has 1 aromatic carbocycles. The van der Waals surface area contributed by atoms with Gasteiger partial charge in [-0.05, 0) is 60.7 Å². The predicted molar refractivity (Wildman–Crippen MR) is 93.1 cm³/mol. The zero-order chi connectivity index (χ0) is 15.6. The zero-order valence-electron chi connectivity index (χ0n) is 12.4. The number of rotatable bonds is 1. The normalized spacial score (nSPS) is 32.1. The van der Waals surface area contributed by atoms with E-state index >= 15 is 0 Å². The molecule has 1 saturated heterocycles. The van der Waals surface area contributed by atoms with E-state index in [1.54, 1.807) is 0 Å². The molecule has 3 nitrogen and oxygen atoms in total. The number of carbonyl (C=O) groups is 2. The molecule has 0 unspecified atom stereocenters. The summed E-state index contributed by atoms with van der Waals surface area (Å²) < 4.78 is 1.09. The second kappa shape index (κ2) is 4.78. The molecule has 0 spiro atoms. The second-order valence-corrected chi connectivity index (χ2v) is 7.68. The third kappa shape index (κ3) is 1.73. The highest BCUT2D eigenvalue weighted by Crippen LogP contribution is 2.57. The first-order chi connectivity index (χ1) is 10.5. The predicted octanol–water partition coefficient (Wildman–Crippen LogP) is 3.55. The lowest BCUT2D eigenvalue weighted by atomic mass is 9.85. The van der Waals surface area contributed by atoms with Gasteiger partial charge in [-0.3, -0.25) is 9.59 Å². The summed E-state index contributed by atoms with van der Waals surface area (Å²) in [5, 5.41) is 0. The van der Waals surface area contributed by atoms with Crippen LogP contribution in [-0.4, -0.2) is 11.8 Å². The molecule has 0 radical (unpaired) electrons. The van der Waals surface area contributed by atoms with E-state index in [0.717, 1.165) is 3.57 Å². The van der Waals surface area contributed by atoms with Crippen molar-refractivity contribution >= 4 is 40.1 Å². The molecule has 2 fully saturated rings. The second-order valence-electron chi connectivity index (χ2n) is 6.43. The highest BCUT2D eigenvalue weighted by molar-refractivity contribution is 14.1. The van der Waals surface area contributed by atoms with E-state index in [0.29, 0.717) is 5.69 Å². The third-order valence-electron chi connectivity index (χ3n) is 5.08. The fourth-order valence-electron chi connectivity index (χ4n) is 4.27. The summed E-state index contributed by atoms with van der Waals surface area (Å²) in [5.41, 5.74) is 3.23. The molecule has 1 saturated carbocycles. The quantitative estimate of drug-likeness (QED) is 0.407. The van der Waals surface area contributed by atoms with Crippen LogP contribution in [0.15, 0.2) is 47.6 Å². The average molecular weight is 405 g/mol. The Bertz CT molecular complexity index is 709. The Morgan fingerprint density at radius 3 is 1.91 bits per heavy atom. The molecule has 3 aliphatic rings. The smallest absolute Gasteiger partial charge is 0.238 e. The van der Waals surface area contributed by atoms with Crippen molar-refractivity contribution in [2.75, 3.05) is 4.90 Å². The summed E-state index contributed by atoms with van der Waals surface area (Å²) in [7, 11) is 0. The summed E-state index contributed by atoms with van der Waals surface area (Å²) in [6, 6.07) is 7.57. The van der Waals surface area contributed by atoms with Crippen molar-refractivity contribution in [3.63, 3.8) is 0 Å². The average Bonchev–Trinajstić information content (AvgIpc) is 3.11. The van der Waals surface area contributed by atoms with E-state index < -0.39 is 0 Å². The van der Waals surface area contributed by atoms with Gasteiger partial charge in [-0.1, -0.05) is 23.3 Å². The van der Waals surface area contributed by atoms with Crippen molar-refractivity contribution in [1.82, 2.24) is 0 Å². The number of amides is 2. The van der Waals surface area contributed by atoms with Crippen LogP contribution in [0.4, 0.5) is 5.69 Å². The van der Waals surface area contributed by atoms with Gasteiger partial charge in [0.1, 0.15) is 0 Å². The minimum Gasteiger partial charge on any atom is -0.274 e. The first-order valence-electron chi connectivity index (χ1n) is 7.49. The molecular formula is C18H16INO2. The molecule has 1 aliphatic heterocycles. The number of nitrogens with zero attached hydrogens (tertiary/aromatic N) is 1. The van der Waals surface area contributed by atoms with Gasteiger partial charge < -0.3 is 0 Å². The molecule has 2 amide bonds. The van der Waals surface area contributed by atoms with Crippen LogP contribution in [0.25, 0.3) is 0 Å². The van der Waals surface area contributed by atoms with Gasteiger partial charge in [0, 0.05) is 15.4 Å². The molecule has 2 aliphatic carbocycles. The van der Waals surface area contributed by atoms with Gasteiger partial charge in [0.15, 0.2) is 0 Å². The van der Waals surface area contributed by atoms with Crippen LogP contribution in [0, 0.1) is 27.2 Å². The number of anilines is 1. The minimum absolute atomic E-state index is 0.0354. The standard InChI is InChI=1S/C18H16INO2/c1-9(2)14-12-7-8-13(14)16-15(12)17(21)20(18(16)22)11-5-3-10(19)4-6-11/h3-8,12-13,15-16H,1-2H3/t12-,13-,15-,16-/m0/s1. The van der Waals surface area contributed by atoms with Crippen LogP contribution in [0.2, 0.25) is 0 Å². The maximum Gasteiger partial charge on any atom is 0.238 e. The van der Waals surface area contributed by atoms with E-state index in [1.165, 1.54) is 16.0 Å². The number of allylic oxidation sites excluding steroid dienone is 4. The van der Waals surface area contributed by atoms with Crippen molar-refractivity contribution in [2.24, 2.45) is 23.7 Å². The maximum absolute atomic E-state index is 12.9. The third-order valence-corrected chi connectivity index (χ3v) is 5.80. The number of halogens is 1. The molecule has 4 heteroatoms. The Kier molecular flexibility index (Phi) is 3.08. The molecule has 0 N–H and O–H groups in total. The van der Waals surface area contributed by atoms with Gasteiger partial charge in [-0.25, -0.2) is 4.90 Å². The van der Waals surface area contributed by atoms with Gasteiger partial charge in [0.25, 0.3) is 0 Å². The number of benzene rings is 1. The molecule has 2 bridgehead atoms. The van der Waals surface area contributed by atoms with Crippen LogP contribution in [-0.2, 0) is 9.59 Å².